The summed E-state index contributed by atoms with van der Waals surface area (Å²) in [6.45, 7) is 0. The van der Waals surface area contributed by atoms with Crippen LogP contribution < -0.4 is 4.90 Å². The van der Waals surface area contributed by atoms with E-state index in [-0.39, 0.29) is 34.5 Å². The molecule has 0 aromatic heterocycles. The number of imide groups is 1. The van der Waals surface area contributed by atoms with Crippen molar-refractivity contribution in [3.8, 4) is 0 Å². The summed E-state index contributed by atoms with van der Waals surface area (Å²) in [5.74, 6) is -3.30. The van der Waals surface area contributed by atoms with Gasteiger partial charge in [0.25, 0.3) is 5.69 Å². The molecule has 4 aliphatic rings. The molecule has 2 amide bonds. The number of ketones is 1. The molecular formula is C20H13ClN2O5. The lowest BCUT2D eigenvalue weighted by Gasteiger charge is -2.43. The number of nitro benzene ring substituents is 1. The zero-order valence-corrected chi connectivity index (χ0v) is 15.1. The zero-order chi connectivity index (χ0) is 19.7. The number of halogens is 1. The number of hydrogen-bond donors (Lipinski definition) is 0. The van der Waals surface area contributed by atoms with E-state index in [9.17, 15) is 24.5 Å². The molecule has 0 spiro atoms. The van der Waals surface area contributed by atoms with E-state index in [2.05, 4.69) is 0 Å². The Labute approximate surface area is 164 Å². The molecule has 140 valence electrons. The maximum atomic E-state index is 13.2. The highest BCUT2D eigenvalue weighted by Crippen LogP contribution is 2.57. The Hall–Kier alpha value is -3.06. The molecule has 1 heterocycles. The summed E-state index contributed by atoms with van der Waals surface area (Å²) in [5, 5.41) is 11.1. The first-order valence-corrected chi connectivity index (χ1v) is 9.21. The number of carbonyl (C=O) groups excluding carboxylic acids is 3. The second-order valence-corrected chi connectivity index (χ2v) is 7.75. The molecule has 2 aromatic carbocycles. The van der Waals surface area contributed by atoms with Crippen LogP contribution in [0.15, 0.2) is 42.5 Å². The van der Waals surface area contributed by atoms with Crippen LogP contribution in [-0.2, 0) is 14.4 Å². The van der Waals surface area contributed by atoms with E-state index in [0.29, 0.717) is 0 Å². The van der Waals surface area contributed by atoms with Gasteiger partial charge >= 0.3 is 0 Å². The van der Waals surface area contributed by atoms with E-state index < -0.39 is 34.5 Å². The summed E-state index contributed by atoms with van der Waals surface area (Å²) in [6, 6.07) is 11.3. The molecule has 28 heavy (non-hydrogen) atoms. The number of hydrogen-bond acceptors (Lipinski definition) is 5. The SMILES string of the molecule is O=C1C[C@H]2c3ccccc3[C@H]1[C@@H]1C(=O)N(c3ccc(Cl)c([N+](=O)[O-])c3)C(=O)[C@@H]12. The first-order valence-electron chi connectivity index (χ1n) is 8.83. The van der Waals surface area contributed by atoms with Gasteiger partial charge in [-0.15, -0.1) is 0 Å². The fraction of sp³-hybridized carbons (Fsp3) is 0.250. The van der Waals surface area contributed by atoms with Crippen LogP contribution in [0.4, 0.5) is 11.4 Å². The maximum absolute atomic E-state index is 13.2. The van der Waals surface area contributed by atoms with Crippen LogP contribution in [-0.4, -0.2) is 22.5 Å². The van der Waals surface area contributed by atoms with Crippen molar-refractivity contribution in [2.75, 3.05) is 4.90 Å². The van der Waals surface area contributed by atoms with Gasteiger partial charge in [0, 0.05) is 18.4 Å². The molecule has 1 aliphatic heterocycles. The van der Waals surface area contributed by atoms with E-state index >= 15 is 0 Å². The third kappa shape index (κ3) is 2.08. The molecule has 7 nitrogen and oxygen atoms in total. The fourth-order valence-corrected chi connectivity index (χ4v) is 5.18. The first kappa shape index (κ1) is 17.1. The molecule has 2 bridgehead atoms. The van der Waals surface area contributed by atoms with Gasteiger partial charge in [0.2, 0.25) is 11.8 Å². The van der Waals surface area contributed by atoms with Gasteiger partial charge in [-0.3, -0.25) is 24.5 Å². The quantitative estimate of drug-likeness (QED) is 0.441. The molecule has 2 aromatic rings. The van der Waals surface area contributed by atoms with Gasteiger partial charge in [0.1, 0.15) is 10.8 Å². The van der Waals surface area contributed by atoms with Crippen LogP contribution in [0.5, 0.6) is 0 Å². The molecule has 2 fully saturated rings. The summed E-state index contributed by atoms with van der Waals surface area (Å²) in [5.41, 5.74) is 1.49. The normalized spacial score (nSPS) is 27.8. The molecular weight excluding hydrogens is 384 g/mol. The number of fused-ring (bicyclic) bond motifs is 1. The van der Waals surface area contributed by atoms with E-state index in [1.807, 2.05) is 24.3 Å². The smallest absolute Gasteiger partial charge is 0.289 e. The van der Waals surface area contributed by atoms with Gasteiger partial charge in [-0.1, -0.05) is 35.9 Å². The molecule has 4 atom stereocenters. The lowest BCUT2D eigenvalue weighted by atomic mass is 9.56. The minimum absolute atomic E-state index is 0.0324. The fourth-order valence-electron chi connectivity index (χ4n) is 4.99. The van der Waals surface area contributed by atoms with Crippen LogP contribution in [0.25, 0.3) is 0 Å². The second-order valence-electron chi connectivity index (χ2n) is 7.34. The van der Waals surface area contributed by atoms with Gasteiger partial charge < -0.3 is 0 Å². The average Bonchev–Trinajstić information content (AvgIpc) is 2.94. The lowest BCUT2D eigenvalue weighted by Crippen LogP contribution is -2.44. The van der Waals surface area contributed by atoms with Crippen molar-refractivity contribution in [2.45, 2.75) is 18.3 Å². The van der Waals surface area contributed by atoms with Gasteiger partial charge in [0.15, 0.2) is 0 Å². The van der Waals surface area contributed by atoms with E-state index in [4.69, 9.17) is 11.6 Å². The largest absolute Gasteiger partial charge is 0.299 e. The van der Waals surface area contributed by atoms with Gasteiger partial charge in [-0.2, -0.15) is 0 Å². The Morgan fingerprint density at radius 1 is 1.00 bits per heavy atom. The van der Waals surface area contributed by atoms with Crippen molar-refractivity contribution in [1.82, 2.24) is 0 Å². The molecule has 0 unspecified atom stereocenters. The third-order valence-corrected chi connectivity index (χ3v) is 6.39. The monoisotopic (exact) mass is 396 g/mol. The Morgan fingerprint density at radius 3 is 2.39 bits per heavy atom. The van der Waals surface area contributed by atoms with Crippen LogP contribution >= 0.6 is 11.6 Å². The van der Waals surface area contributed by atoms with Gasteiger partial charge in [-0.25, -0.2) is 4.90 Å². The van der Waals surface area contributed by atoms with Crippen molar-refractivity contribution in [3.05, 3.63) is 68.7 Å². The topological polar surface area (TPSA) is 97.6 Å². The van der Waals surface area contributed by atoms with Gasteiger partial charge in [0.05, 0.1) is 28.4 Å². The Kier molecular flexibility index (Phi) is 3.49. The maximum Gasteiger partial charge on any atom is 0.289 e. The molecule has 8 heteroatoms. The van der Waals surface area contributed by atoms with Crippen molar-refractivity contribution in [1.29, 1.82) is 0 Å². The predicted octanol–water partition coefficient (Wildman–Crippen LogP) is 3.21. The number of nitrogens with zero attached hydrogens (tertiary/aromatic N) is 2. The second kappa shape index (κ2) is 5.72. The summed E-state index contributed by atoms with van der Waals surface area (Å²) >= 11 is 5.85. The summed E-state index contributed by atoms with van der Waals surface area (Å²) in [7, 11) is 0. The van der Waals surface area contributed by atoms with Crippen molar-refractivity contribution >= 4 is 40.6 Å². The van der Waals surface area contributed by atoms with Crippen molar-refractivity contribution in [3.63, 3.8) is 0 Å². The number of benzene rings is 2. The molecule has 1 saturated carbocycles. The summed E-state index contributed by atoms with van der Waals surface area (Å²) < 4.78 is 0. The van der Waals surface area contributed by atoms with Crippen LogP contribution in [0.3, 0.4) is 0 Å². The molecule has 0 N–H and O–H groups in total. The number of amides is 2. The number of carbonyl (C=O) groups is 3. The van der Waals surface area contributed by atoms with E-state index in [1.165, 1.54) is 12.1 Å². The standard InChI is InChI=1S/C20H13ClN2O5/c21-13-6-5-9(7-14(13)23(27)28)22-19(25)17-12-8-15(24)16(18(17)20(22)26)11-4-2-1-3-10(11)12/h1-7,12,16-18H,8H2/t12-,16+,17+,18-/m0/s1. The van der Waals surface area contributed by atoms with Crippen molar-refractivity contribution < 1.29 is 19.3 Å². The van der Waals surface area contributed by atoms with Crippen molar-refractivity contribution in [2.24, 2.45) is 11.8 Å². The summed E-state index contributed by atoms with van der Waals surface area (Å²) in [6.07, 6.45) is 0.233. The number of Topliss-reactive ketones (excluding diaryl/α,β-unsaturated/α-hetero) is 1. The summed E-state index contributed by atoms with van der Waals surface area (Å²) in [4.78, 5) is 50.6. The molecule has 1 saturated heterocycles. The number of anilines is 1. The highest BCUT2D eigenvalue weighted by Gasteiger charge is 2.62. The molecule has 3 aliphatic carbocycles. The van der Waals surface area contributed by atoms with Crippen LogP contribution in [0.1, 0.15) is 29.4 Å². The lowest BCUT2D eigenvalue weighted by molar-refractivity contribution is -0.384. The predicted molar refractivity (Wildman–Crippen MR) is 99.1 cm³/mol. The Balaban J connectivity index is 1.63. The van der Waals surface area contributed by atoms with Gasteiger partial charge in [-0.05, 0) is 23.3 Å². The highest BCUT2D eigenvalue weighted by atomic mass is 35.5. The Morgan fingerprint density at radius 2 is 1.68 bits per heavy atom. The van der Waals surface area contributed by atoms with E-state index in [1.54, 1.807) is 0 Å². The number of nitro groups is 1. The Bertz CT molecular complexity index is 1100. The average molecular weight is 397 g/mol. The van der Waals surface area contributed by atoms with E-state index in [0.717, 1.165) is 22.1 Å². The number of rotatable bonds is 2. The van der Waals surface area contributed by atoms with Crippen LogP contribution in [0, 0.1) is 22.0 Å². The zero-order valence-electron chi connectivity index (χ0n) is 14.4. The highest BCUT2D eigenvalue weighted by molar-refractivity contribution is 6.33. The molecule has 0 radical (unpaired) electrons. The minimum atomic E-state index is -0.761. The first-order chi connectivity index (χ1) is 13.4. The third-order valence-electron chi connectivity index (χ3n) is 6.07. The molecule has 6 rings (SSSR count). The minimum Gasteiger partial charge on any atom is -0.299 e. The van der Waals surface area contributed by atoms with Crippen LogP contribution in [0.2, 0.25) is 5.02 Å².